The van der Waals surface area contributed by atoms with E-state index in [-0.39, 0.29) is 11.8 Å². The van der Waals surface area contributed by atoms with Gasteiger partial charge in [0, 0.05) is 24.8 Å². The Labute approximate surface area is 169 Å². The largest absolute Gasteiger partial charge is 0.486 e. The Kier molecular flexibility index (Phi) is 5.61. The summed E-state index contributed by atoms with van der Waals surface area (Å²) in [6.45, 7) is 3.91. The molecule has 6 nitrogen and oxygen atoms in total. The SMILES string of the molecule is CCN(Cc1cccc2c1OCCO2)C(=O)c1cccnc1Oc1ccccc1. The highest BCUT2D eigenvalue weighted by Crippen LogP contribution is 2.34. The quantitative estimate of drug-likeness (QED) is 0.628. The van der Waals surface area contributed by atoms with Crippen LogP contribution in [0.2, 0.25) is 0 Å². The standard InChI is InChI=1S/C23H22N2O4/c1-2-25(16-17-8-6-12-20-21(17)28-15-14-27-20)23(26)19-11-7-13-24-22(19)29-18-9-4-3-5-10-18/h3-13H,2,14-16H2,1H3. The third-order valence-electron chi connectivity index (χ3n) is 4.64. The van der Waals surface area contributed by atoms with Gasteiger partial charge < -0.3 is 19.1 Å². The molecule has 0 atom stereocenters. The Bertz CT molecular complexity index is 991. The highest BCUT2D eigenvalue weighted by Gasteiger charge is 2.23. The van der Waals surface area contributed by atoms with Crippen molar-refractivity contribution in [1.82, 2.24) is 9.88 Å². The van der Waals surface area contributed by atoms with Gasteiger partial charge in [-0.25, -0.2) is 4.98 Å². The van der Waals surface area contributed by atoms with Gasteiger partial charge >= 0.3 is 0 Å². The lowest BCUT2D eigenvalue weighted by atomic mass is 10.1. The molecule has 4 rings (SSSR count). The van der Waals surface area contributed by atoms with Gasteiger partial charge in [-0.05, 0) is 37.3 Å². The predicted octanol–water partition coefficient (Wildman–Crippen LogP) is 4.31. The van der Waals surface area contributed by atoms with Crippen molar-refractivity contribution in [3.05, 3.63) is 78.0 Å². The molecule has 0 N–H and O–H groups in total. The minimum absolute atomic E-state index is 0.152. The third kappa shape index (κ3) is 4.16. The number of para-hydroxylation sites is 2. The van der Waals surface area contributed by atoms with Crippen LogP contribution >= 0.6 is 0 Å². The lowest BCUT2D eigenvalue weighted by molar-refractivity contribution is 0.0745. The average molecular weight is 390 g/mol. The molecule has 1 aliphatic rings. The van der Waals surface area contributed by atoms with Crippen molar-refractivity contribution in [3.63, 3.8) is 0 Å². The molecule has 0 saturated heterocycles. The Morgan fingerprint density at radius 2 is 1.86 bits per heavy atom. The van der Waals surface area contributed by atoms with Gasteiger partial charge in [0.25, 0.3) is 5.91 Å². The van der Waals surface area contributed by atoms with E-state index in [0.717, 1.165) is 5.56 Å². The molecule has 0 saturated carbocycles. The number of rotatable bonds is 6. The number of carbonyl (C=O) groups is 1. The smallest absolute Gasteiger partial charge is 0.259 e. The summed E-state index contributed by atoms with van der Waals surface area (Å²) >= 11 is 0. The van der Waals surface area contributed by atoms with Gasteiger partial charge in [0.05, 0.1) is 0 Å². The summed E-state index contributed by atoms with van der Waals surface area (Å²) in [6, 6.07) is 18.5. The molecule has 6 heteroatoms. The lowest BCUT2D eigenvalue weighted by Gasteiger charge is -2.25. The molecule has 0 radical (unpaired) electrons. The Balaban J connectivity index is 1.59. The summed E-state index contributed by atoms with van der Waals surface area (Å²) in [5, 5.41) is 0. The number of carbonyl (C=O) groups excluding carboxylic acids is 1. The van der Waals surface area contributed by atoms with Crippen LogP contribution in [0.15, 0.2) is 66.9 Å². The number of aromatic nitrogens is 1. The van der Waals surface area contributed by atoms with Crippen LogP contribution in [0.25, 0.3) is 0 Å². The zero-order chi connectivity index (χ0) is 20.1. The number of hydrogen-bond donors (Lipinski definition) is 0. The van der Waals surface area contributed by atoms with Crippen LogP contribution in [0.5, 0.6) is 23.1 Å². The topological polar surface area (TPSA) is 60.9 Å². The number of pyridine rings is 1. The number of benzene rings is 2. The van der Waals surface area contributed by atoms with E-state index >= 15 is 0 Å². The molecule has 1 aliphatic heterocycles. The first-order chi connectivity index (χ1) is 14.3. The maximum absolute atomic E-state index is 13.3. The van der Waals surface area contributed by atoms with Gasteiger partial charge in [-0.1, -0.05) is 30.3 Å². The third-order valence-corrected chi connectivity index (χ3v) is 4.64. The summed E-state index contributed by atoms with van der Waals surface area (Å²) in [5.41, 5.74) is 1.33. The van der Waals surface area contributed by atoms with E-state index in [1.165, 1.54) is 0 Å². The summed E-state index contributed by atoms with van der Waals surface area (Å²) in [5.74, 6) is 2.19. The number of amides is 1. The van der Waals surface area contributed by atoms with Gasteiger partial charge in [-0.15, -0.1) is 0 Å². The summed E-state index contributed by atoms with van der Waals surface area (Å²) in [7, 11) is 0. The second kappa shape index (κ2) is 8.65. The van der Waals surface area contributed by atoms with Crippen LogP contribution in [-0.4, -0.2) is 35.5 Å². The molecule has 1 amide bonds. The van der Waals surface area contributed by atoms with Crippen LogP contribution in [0.4, 0.5) is 0 Å². The van der Waals surface area contributed by atoms with Crippen molar-refractivity contribution in [2.45, 2.75) is 13.5 Å². The van der Waals surface area contributed by atoms with E-state index in [1.807, 2.05) is 55.5 Å². The fraction of sp³-hybridized carbons (Fsp3) is 0.217. The highest BCUT2D eigenvalue weighted by molar-refractivity contribution is 5.96. The maximum Gasteiger partial charge on any atom is 0.259 e. The van der Waals surface area contributed by atoms with Crippen LogP contribution in [0.3, 0.4) is 0 Å². The zero-order valence-electron chi connectivity index (χ0n) is 16.2. The molecular formula is C23H22N2O4. The fourth-order valence-corrected chi connectivity index (χ4v) is 3.20. The van der Waals surface area contributed by atoms with Gasteiger partial charge in [0.15, 0.2) is 11.5 Å². The number of hydrogen-bond acceptors (Lipinski definition) is 5. The summed E-state index contributed by atoms with van der Waals surface area (Å²) in [6.07, 6.45) is 1.62. The van der Waals surface area contributed by atoms with Gasteiger partial charge in [0.2, 0.25) is 5.88 Å². The number of nitrogens with zero attached hydrogens (tertiary/aromatic N) is 2. The second-order valence-corrected chi connectivity index (χ2v) is 6.53. The fourth-order valence-electron chi connectivity index (χ4n) is 3.20. The van der Waals surface area contributed by atoms with Crippen LogP contribution < -0.4 is 14.2 Å². The number of ether oxygens (including phenoxy) is 3. The average Bonchev–Trinajstić information content (AvgIpc) is 2.78. The zero-order valence-corrected chi connectivity index (χ0v) is 16.2. The van der Waals surface area contributed by atoms with E-state index in [9.17, 15) is 4.79 Å². The first-order valence-electron chi connectivity index (χ1n) is 9.61. The van der Waals surface area contributed by atoms with E-state index in [2.05, 4.69) is 4.98 Å². The van der Waals surface area contributed by atoms with E-state index < -0.39 is 0 Å². The van der Waals surface area contributed by atoms with Crippen LogP contribution in [-0.2, 0) is 6.54 Å². The van der Waals surface area contributed by atoms with Crippen molar-refractivity contribution in [3.8, 4) is 23.1 Å². The first kappa shape index (κ1) is 18.8. The summed E-state index contributed by atoms with van der Waals surface area (Å²) in [4.78, 5) is 19.3. The van der Waals surface area contributed by atoms with E-state index in [0.29, 0.717) is 49.1 Å². The molecular weight excluding hydrogens is 368 g/mol. The van der Waals surface area contributed by atoms with Crippen LogP contribution in [0.1, 0.15) is 22.8 Å². The van der Waals surface area contributed by atoms with E-state index in [4.69, 9.17) is 14.2 Å². The Hall–Kier alpha value is -3.54. The predicted molar refractivity (Wildman–Crippen MR) is 109 cm³/mol. The van der Waals surface area contributed by atoms with Gasteiger partial charge in [0.1, 0.15) is 24.5 Å². The minimum atomic E-state index is -0.152. The second-order valence-electron chi connectivity index (χ2n) is 6.53. The van der Waals surface area contributed by atoms with E-state index in [1.54, 1.807) is 23.2 Å². The molecule has 2 heterocycles. The minimum Gasteiger partial charge on any atom is -0.486 e. The first-order valence-corrected chi connectivity index (χ1v) is 9.61. The molecule has 1 aromatic heterocycles. The molecule has 0 unspecified atom stereocenters. The molecule has 29 heavy (non-hydrogen) atoms. The molecule has 0 aliphatic carbocycles. The van der Waals surface area contributed by atoms with Crippen molar-refractivity contribution in [2.24, 2.45) is 0 Å². The Morgan fingerprint density at radius 1 is 1.03 bits per heavy atom. The molecule has 0 fully saturated rings. The normalized spacial score (nSPS) is 12.3. The lowest BCUT2D eigenvalue weighted by Crippen LogP contribution is -2.31. The monoisotopic (exact) mass is 390 g/mol. The van der Waals surface area contributed by atoms with Crippen molar-refractivity contribution in [1.29, 1.82) is 0 Å². The number of fused-ring (bicyclic) bond motifs is 1. The Morgan fingerprint density at radius 3 is 2.69 bits per heavy atom. The van der Waals surface area contributed by atoms with Crippen molar-refractivity contribution in [2.75, 3.05) is 19.8 Å². The maximum atomic E-state index is 13.3. The molecule has 3 aromatic rings. The molecule has 2 aromatic carbocycles. The molecule has 148 valence electrons. The van der Waals surface area contributed by atoms with Crippen molar-refractivity contribution < 1.29 is 19.0 Å². The van der Waals surface area contributed by atoms with Gasteiger partial charge in [-0.3, -0.25) is 4.79 Å². The van der Waals surface area contributed by atoms with Gasteiger partial charge in [-0.2, -0.15) is 0 Å². The van der Waals surface area contributed by atoms with Crippen molar-refractivity contribution >= 4 is 5.91 Å². The summed E-state index contributed by atoms with van der Waals surface area (Å²) < 4.78 is 17.3. The molecule has 0 bridgehead atoms. The van der Waals surface area contributed by atoms with Crippen LogP contribution in [0, 0.1) is 0 Å². The molecule has 0 spiro atoms. The highest BCUT2D eigenvalue weighted by atomic mass is 16.6.